The van der Waals surface area contributed by atoms with E-state index in [1.165, 1.54) is 15.9 Å². The van der Waals surface area contributed by atoms with Crippen molar-refractivity contribution in [3.63, 3.8) is 0 Å². The summed E-state index contributed by atoms with van der Waals surface area (Å²) in [5, 5.41) is 11.8. The summed E-state index contributed by atoms with van der Waals surface area (Å²) < 4.78 is 6.58. The lowest BCUT2D eigenvalue weighted by Gasteiger charge is -2.16. The number of aromatic nitrogens is 2. The van der Waals surface area contributed by atoms with Crippen molar-refractivity contribution >= 4 is 27.5 Å². The van der Waals surface area contributed by atoms with E-state index in [4.69, 9.17) is 4.74 Å². The molecule has 136 valence electrons. The molecule has 0 saturated heterocycles. The number of hydrogen-bond donors (Lipinski definition) is 1. The lowest BCUT2D eigenvalue weighted by molar-refractivity contribution is -0.141. The van der Waals surface area contributed by atoms with Crippen LogP contribution in [0, 0.1) is 13.8 Å². The summed E-state index contributed by atoms with van der Waals surface area (Å²) in [6.45, 7) is 5.36. The molecule has 1 atom stereocenters. The number of benzene rings is 1. The van der Waals surface area contributed by atoms with Crippen molar-refractivity contribution in [2.45, 2.75) is 33.2 Å². The second-order valence-corrected chi connectivity index (χ2v) is 6.97. The van der Waals surface area contributed by atoms with Gasteiger partial charge < -0.3 is 9.84 Å². The smallest absolute Gasteiger partial charge is 0.326 e. The highest BCUT2D eigenvalue weighted by atomic mass is 32.1. The first-order chi connectivity index (χ1) is 12.4. The normalized spacial score (nSPS) is 12.3. The van der Waals surface area contributed by atoms with Crippen molar-refractivity contribution in [1.82, 2.24) is 9.55 Å². The first kappa shape index (κ1) is 18.1. The molecular formula is C19H20N2O4S. The Kier molecular flexibility index (Phi) is 4.82. The first-order valence-corrected chi connectivity index (χ1v) is 9.15. The minimum absolute atomic E-state index is 0.310. The highest BCUT2D eigenvalue weighted by molar-refractivity contribution is 7.17. The molecule has 0 aliphatic heterocycles. The van der Waals surface area contributed by atoms with Crippen molar-refractivity contribution in [3.8, 4) is 16.9 Å². The van der Waals surface area contributed by atoms with E-state index in [-0.39, 0.29) is 5.56 Å². The van der Waals surface area contributed by atoms with E-state index in [0.717, 1.165) is 22.4 Å². The van der Waals surface area contributed by atoms with Crippen molar-refractivity contribution in [2.75, 3.05) is 7.11 Å². The van der Waals surface area contributed by atoms with Crippen LogP contribution in [0.2, 0.25) is 0 Å². The number of fused-ring (bicyclic) bond motifs is 1. The van der Waals surface area contributed by atoms with E-state index < -0.39 is 12.0 Å². The lowest BCUT2D eigenvalue weighted by Crippen LogP contribution is -2.32. The van der Waals surface area contributed by atoms with Gasteiger partial charge in [0.15, 0.2) is 0 Å². The van der Waals surface area contributed by atoms with Crippen LogP contribution in [0.5, 0.6) is 5.75 Å². The molecule has 0 spiro atoms. The minimum atomic E-state index is -1.03. The van der Waals surface area contributed by atoms with Gasteiger partial charge in [0.2, 0.25) is 0 Å². The van der Waals surface area contributed by atoms with Gasteiger partial charge in [-0.1, -0.05) is 13.0 Å². The molecule has 0 amide bonds. The molecule has 3 rings (SSSR count). The van der Waals surface area contributed by atoms with Crippen LogP contribution < -0.4 is 10.3 Å². The zero-order valence-electron chi connectivity index (χ0n) is 15.1. The summed E-state index contributed by atoms with van der Waals surface area (Å²) in [5.41, 5.74) is 2.29. The largest absolute Gasteiger partial charge is 0.496 e. The number of ether oxygens (including phenoxy) is 1. The van der Waals surface area contributed by atoms with E-state index >= 15 is 0 Å². The fourth-order valence-electron chi connectivity index (χ4n) is 3.20. The average molecular weight is 372 g/mol. The number of carbonyl (C=O) groups is 1. The number of nitrogens with zero attached hydrogens (tertiary/aromatic N) is 2. The molecule has 1 aromatic carbocycles. The molecule has 3 aromatic rings. The summed E-state index contributed by atoms with van der Waals surface area (Å²) in [6, 6.07) is 4.79. The number of aryl methyl sites for hydroxylation is 2. The summed E-state index contributed by atoms with van der Waals surface area (Å²) in [4.78, 5) is 29.8. The summed E-state index contributed by atoms with van der Waals surface area (Å²) in [7, 11) is 1.62. The number of aliphatic carboxylic acids is 1. The van der Waals surface area contributed by atoms with Crippen molar-refractivity contribution in [2.24, 2.45) is 0 Å². The predicted octanol–water partition coefficient (Wildman–Crippen LogP) is 3.79. The van der Waals surface area contributed by atoms with Gasteiger partial charge in [0.25, 0.3) is 5.56 Å². The highest BCUT2D eigenvalue weighted by Gasteiger charge is 2.24. The lowest BCUT2D eigenvalue weighted by atomic mass is 10.0. The quantitative estimate of drug-likeness (QED) is 0.737. The Balaban J connectivity index is 2.28. The number of hydrogen-bond acceptors (Lipinski definition) is 5. The highest BCUT2D eigenvalue weighted by Crippen LogP contribution is 2.33. The standard InChI is InChI=1S/C19H20N2O4S/c1-5-14(19(23)24)21-11(3)20-17-16(18(21)22)13(9-26-17)12-6-7-15(25-4)10(2)8-12/h6-9,14H,5H2,1-4H3,(H,23,24). The SMILES string of the molecule is CCC(C(=O)O)n1c(C)nc2scc(-c3ccc(OC)c(C)c3)c2c1=O. The molecule has 0 fully saturated rings. The van der Waals surface area contributed by atoms with Crippen LogP contribution >= 0.6 is 11.3 Å². The van der Waals surface area contributed by atoms with Crippen LogP contribution in [0.15, 0.2) is 28.4 Å². The molecule has 2 heterocycles. The molecule has 1 unspecified atom stereocenters. The number of rotatable bonds is 5. The van der Waals surface area contributed by atoms with Gasteiger partial charge >= 0.3 is 5.97 Å². The maximum absolute atomic E-state index is 13.2. The number of methoxy groups -OCH3 is 1. The van der Waals surface area contributed by atoms with E-state index in [1.807, 2.05) is 30.5 Å². The molecule has 6 nitrogen and oxygen atoms in total. The van der Waals surface area contributed by atoms with E-state index in [2.05, 4.69) is 4.98 Å². The van der Waals surface area contributed by atoms with Gasteiger partial charge in [0, 0.05) is 10.9 Å². The second-order valence-electron chi connectivity index (χ2n) is 6.11. The maximum atomic E-state index is 13.2. The van der Waals surface area contributed by atoms with Crippen LogP contribution in [-0.2, 0) is 4.79 Å². The molecule has 2 aromatic heterocycles. The number of carboxylic acids is 1. The van der Waals surface area contributed by atoms with Crippen LogP contribution in [0.1, 0.15) is 30.8 Å². The van der Waals surface area contributed by atoms with Gasteiger partial charge in [-0.05, 0) is 43.5 Å². The Morgan fingerprint density at radius 2 is 2.12 bits per heavy atom. The Morgan fingerprint density at radius 1 is 1.38 bits per heavy atom. The zero-order valence-corrected chi connectivity index (χ0v) is 15.9. The van der Waals surface area contributed by atoms with E-state index in [0.29, 0.717) is 22.5 Å². The molecule has 0 bridgehead atoms. The van der Waals surface area contributed by atoms with Gasteiger partial charge in [-0.3, -0.25) is 9.36 Å². The van der Waals surface area contributed by atoms with Crippen LogP contribution in [-0.4, -0.2) is 27.7 Å². The second kappa shape index (κ2) is 6.92. The molecule has 0 radical (unpaired) electrons. The Labute approximate surface area is 154 Å². The summed E-state index contributed by atoms with van der Waals surface area (Å²) in [6.07, 6.45) is 0.310. The van der Waals surface area contributed by atoms with Gasteiger partial charge in [-0.2, -0.15) is 0 Å². The molecule has 26 heavy (non-hydrogen) atoms. The van der Waals surface area contributed by atoms with Gasteiger partial charge in [-0.15, -0.1) is 11.3 Å². The molecule has 0 aliphatic carbocycles. The van der Waals surface area contributed by atoms with Gasteiger partial charge in [0.05, 0.1) is 12.5 Å². The third kappa shape index (κ3) is 2.88. The molecule has 0 saturated carbocycles. The van der Waals surface area contributed by atoms with Crippen molar-refractivity contribution in [1.29, 1.82) is 0 Å². The van der Waals surface area contributed by atoms with E-state index in [1.54, 1.807) is 21.0 Å². The van der Waals surface area contributed by atoms with Crippen molar-refractivity contribution < 1.29 is 14.6 Å². The molecule has 7 heteroatoms. The van der Waals surface area contributed by atoms with Gasteiger partial charge in [0.1, 0.15) is 22.4 Å². The Bertz CT molecular complexity index is 1050. The fraction of sp³-hybridized carbons (Fsp3) is 0.316. The predicted molar refractivity (Wildman–Crippen MR) is 102 cm³/mol. The zero-order chi connectivity index (χ0) is 19.0. The molecule has 1 N–H and O–H groups in total. The van der Waals surface area contributed by atoms with Crippen LogP contribution in [0.4, 0.5) is 0 Å². The monoisotopic (exact) mass is 372 g/mol. The average Bonchev–Trinajstić information content (AvgIpc) is 3.01. The molecular weight excluding hydrogens is 352 g/mol. The third-order valence-electron chi connectivity index (χ3n) is 4.51. The first-order valence-electron chi connectivity index (χ1n) is 8.27. The summed E-state index contributed by atoms with van der Waals surface area (Å²) in [5.74, 6) is 0.156. The van der Waals surface area contributed by atoms with Crippen LogP contribution in [0.3, 0.4) is 0 Å². The molecule has 0 aliphatic rings. The Morgan fingerprint density at radius 3 is 2.69 bits per heavy atom. The van der Waals surface area contributed by atoms with Gasteiger partial charge in [-0.25, -0.2) is 9.78 Å². The summed E-state index contributed by atoms with van der Waals surface area (Å²) >= 11 is 1.39. The fourth-order valence-corrected chi connectivity index (χ4v) is 4.18. The topological polar surface area (TPSA) is 81.4 Å². The number of thiophene rings is 1. The van der Waals surface area contributed by atoms with Crippen molar-refractivity contribution in [3.05, 3.63) is 45.3 Å². The maximum Gasteiger partial charge on any atom is 0.326 e. The minimum Gasteiger partial charge on any atom is -0.496 e. The van der Waals surface area contributed by atoms with Crippen LogP contribution in [0.25, 0.3) is 21.3 Å². The number of carboxylic acid groups (broad SMARTS) is 1. The Hall–Kier alpha value is -2.67. The van der Waals surface area contributed by atoms with E-state index in [9.17, 15) is 14.7 Å². The third-order valence-corrected chi connectivity index (χ3v) is 5.38.